The second kappa shape index (κ2) is 4.46. The molecule has 0 bridgehead atoms. The molecule has 0 saturated carbocycles. The van der Waals surface area contributed by atoms with Gasteiger partial charge in [-0.3, -0.25) is 0 Å². The Bertz CT molecular complexity index is 196. The van der Waals surface area contributed by atoms with Crippen molar-refractivity contribution in [1.82, 2.24) is 4.98 Å². The van der Waals surface area contributed by atoms with Crippen molar-refractivity contribution in [2.24, 2.45) is 0 Å². The Balaban J connectivity index is 2.50. The molecular weight excluding hydrogens is 211 g/mol. The summed E-state index contributed by atoms with van der Waals surface area (Å²) in [7, 11) is 0. The minimum absolute atomic E-state index is 1.05. The summed E-state index contributed by atoms with van der Waals surface area (Å²) in [6.45, 7) is 0. The zero-order valence-corrected chi connectivity index (χ0v) is 7.34. The van der Waals surface area contributed by atoms with Crippen molar-refractivity contribution in [3.8, 4) is 0 Å². The van der Waals surface area contributed by atoms with Gasteiger partial charge >= 0.3 is 70.4 Å². The fourth-order valence-electron chi connectivity index (χ4n) is 0.745. The maximum atomic E-state index is 4.19. The Morgan fingerprint density at radius 2 is 2.40 bits per heavy atom. The molecule has 0 amide bonds. The normalized spacial score (nSPS) is 9.30. The molecule has 0 unspecified atom stereocenters. The zero-order valence-electron chi connectivity index (χ0n) is 5.60. The van der Waals surface area contributed by atoms with Gasteiger partial charge in [-0.05, 0) is 0 Å². The van der Waals surface area contributed by atoms with Crippen LogP contribution in [0.25, 0.3) is 0 Å². The van der Waals surface area contributed by atoms with Crippen LogP contribution in [0.1, 0.15) is 12.1 Å². The Kier molecular flexibility index (Phi) is 3.45. The Morgan fingerprint density at radius 1 is 1.50 bits per heavy atom. The number of nitrogens with zero attached hydrogens (tertiary/aromatic N) is 1. The Morgan fingerprint density at radius 3 is 3.00 bits per heavy atom. The van der Waals surface area contributed by atoms with Gasteiger partial charge in [0.2, 0.25) is 0 Å². The van der Waals surface area contributed by atoms with E-state index in [0.717, 1.165) is 12.8 Å². The van der Waals surface area contributed by atoms with Gasteiger partial charge in [-0.2, -0.15) is 0 Å². The van der Waals surface area contributed by atoms with E-state index < -0.39 is 0 Å². The van der Waals surface area contributed by atoms with Gasteiger partial charge in [0.1, 0.15) is 0 Å². The van der Waals surface area contributed by atoms with Gasteiger partial charge in [-0.1, -0.05) is 0 Å². The van der Waals surface area contributed by atoms with E-state index in [-0.39, 0.29) is 0 Å². The monoisotopic (exact) mass is 221 g/mol. The number of rotatable bonds is 3. The van der Waals surface area contributed by atoms with Gasteiger partial charge in [0, 0.05) is 0 Å². The number of hydrogen-bond donors (Lipinski definition) is 0. The molecule has 0 fully saturated rings. The third-order valence-electron chi connectivity index (χ3n) is 1.23. The predicted molar refractivity (Wildman–Crippen MR) is 38.6 cm³/mol. The maximum absolute atomic E-state index is 4.19. The van der Waals surface area contributed by atoms with Gasteiger partial charge in [0.25, 0.3) is 0 Å². The second-order valence-corrected chi connectivity index (χ2v) is 2.71. The molecule has 0 N–H and O–H groups in total. The standard InChI is InChI=1S/C8H9N.Ru/c1-2-5-8-6-3-4-7-9-8;/h1,3-4,6-7H,2,5H2;. The number of aromatic nitrogens is 1. The van der Waals surface area contributed by atoms with Crippen LogP contribution in [-0.4, -0.2) is 9.59 Å². The molecule has 10 heavy (non-hydrogen) atoms. The number of pyridine rings is 1. The van der Waals surface area contributed by atoms with E-state index in [1.807, 2.05) is 18.3 Å². The quantitative estimate of drug-likeness (QED) is 0.701. The molecule has 0 aliphatic rings. The topological polar surface area (TPSA) is 12.9 Å². The summed E-state index contributed by atoms with van der Waals surface area (Å²) in [5.41, 5.74) is 1.17. The molecule has 0 atom stereocenters. The first-order chi connectivity index (χ1) is 4.93. The van der Waals surface area contributed by atoms with Crippen LogP contribution in [0.5, 0.6) is 0 Å². The van der Waals surface area contributed by atoms with Crippen molar-refractivity contribution in [3.05, 3.63) is 30.1 Å². The number of aryl methyl sites for hydroxylation is 1. The van der Waals surface area contributed by atoms with Crippen molar-refractivity contribution in [1.29, 1.82) is 0 Å². The molecule has 0 aliphatic carbocycles. The third-order valence-corrected chi connectivity index (χ3v) is 1.73. The van der Waals surface area contributed by atoms with E-state index in [0.29, 0.717) is 0 Å². The molecule has 1 aromatic rings. The third kappa shape index (κ3) is 2.49. The summed E-state index contributed by atoms with van der Waals surface area (Å²) in [4.78, 5) is 4.19. The van der Waals surface area contributed by atoms with Gasteiger partial charge < -0.3 is 0 Å². The molecular formula is C8H9NRu. The fourth-order valence-corrected chi connectivity index (χ4v) is 0.996. The Labute approximate surface area is 70.7 Å². The molecule has 1 nitrogen and oxygen atoms in total. The van der Waals surface area contributed by atoms with Crippen LogP contribution in [-0.2, 0) is 24.3 Å². The van der Waals surface area contributed by atoms with Gasteiger partial charge in [-0.25, -0.2) is 0 Å². The SMILES string of the molecule is [Ru]=[CH]CCc1ccccn1. The summed E-state index contributed by atoms with van der Waals surface area (Å²) in [5, 5.41) is 0. The van der Waals surface area contributed by atoms with E-state index in [1.54, 1.807) is 0 Å². The summed E-state index contributed by atoms with van der Waals surface area (Å²) < 4.78 is 2.09. The minimum atomic E-state index is 1.05. The average molecular weight is 220 g/mol. The zero-order chi connectivity index (χ0) is 7.23. The summed E-state index contributed by atoms with van der Waals surface area (Å²) >= 11 is 2.51. The molecule has 0 aliphatic heterocycles. The van der Waals surface area contributed by atoms with Crippen molar-refractivity contribution in [2.45, 2.75) is 12.8 Å². The summed E-state index contributed by atoms with van der Waals surface area (Å²) in [6, 6.07) is 6.01. The van der Waals surface area contributed by atoms with Crippen molar-refractivity contribution in [2.75, 3.05) is 0 Å². The molecule has 0 spiro atoms. The molecule has 1 aromatic heterocycles. The predicted octanol–water partition coefficient (Wildman–Crippen LogP) is 1.36. The van der Waals surface area contributed by atoms with Gasteiger partial charge in [0.05, 0.1) is 0 Å². The van der Waals surface area contributed by atoms with Gasteiger partial charge in [0.15, 0.2) is 0 Å². The molecule has 0 radical (unpaired) electrons. The van der Waals surface area contributed by atoms with Crippen LogP contribution >= 0.6 is 0 Å². The summed E-state index contributed by atoms with van der Waals surface area (Å²) in [5.74, 6) is 0. The first-order valence-corrected chi connectivity index (χ1v) is 4.24. The molecule has 2 heteroatoms. The molecule has 54 valence electrons. The molecule has 1 heterocycles. The first kappa shape index (κ1) is 7.75. The van der Waals surface area contributed by atoms with Crippen molar-refractivity contribution in [3.63, 3.8) is 0 Å². The van der Waals surface area contributed by atoms with Crippen LogP contribution in [0.2, 0.25) is 0 Å². The molecule has 0 saturated heterocycles. The molecule has 1 rings (SSSR count). The fraction of sp³-hybridized carbons (Fsp3) is 0.250. The van der Waals surface area contributed by atoms with Crippen LogP contribution in [0, 0.1) is 0 Å². The van der Waals surface area contributed by atoms with Crippen LogP contribution in [0.15, 0.2) is 24.4 Å². The van der Waals surface area contributed by atoms with Crippen molar-refractivity contribution < 1.29 is 17.9 Å². The van der Waals surface area contributed by atoms with Crippen molar-refractivity contribution >= 4 is 4.61 Å². The molecule has 0 aromatic carbocycles. The van der Waals surface area contributed by atoms with E-state index >= 15 is 0 Å². The van der Waals surface area contributed by atoms with E-state index in [9.17, 15) is 0 Å². The van der Waals surface area contributed by atoms with Crippen LogP contribution in [0.3, 0.4) is 0 Å². The summed E-state index contributed by atoms with van der Waals surface area (Å²) in [6.07, 6.45) is 3.97. The first-order valence-electron chi connectivity index (χ1n) is 3.24. The van der Waals surface area contributed by atoms with E-state index in [1.165, 1.54) is 5.69 Å². The Hall–Kier alpha value is -0.357. The van der Waals surface area contributed by atoms with Crippen LogP contribution < -0.4 is 0 Å². The van der Waals surface area contributed by atoms with Crippen LogP contribution in [0.4, 0.5) is 0 Å². The van der Waals surface area contributed by atoms with E-state index in [2.05, 4.69) is 33.5 Å². The van der Waals surface area contributed by atoms with Gasteiger partial charge in [-0.15, -0.1) is 0 Å². The number of hydrogen-bond acceptors (Lipinski definition) is 1. The second-order valence-electron chi connectivity index (χ2n) is 2.00. The average Bonchev–Trinajstić information content (AvgIpc) is 2.03. The van der Waals surface area contributed by atoms with E-state index in [4.69, 9.17) is 0 Å².